The Morgan fingerprint density at radius 3 is 2.54 bits per heavy atom. The van der Waals surface area contributed by atoms with E-state index in [2.05, 4.69) is 9.88 Å². The topological polar surface area (TPSA) is 96.7 Å². The first kappa shape index (κ1) is 23.5. The number of carbonyl (C=O) groups is 2. The van der Waals surface area contributed by atoms with Crippen LogP contribution in [0.1, 0.15) is 50.6 Å². The number of anilines is 3. The number of aromatic nitrogens is 2. The van der Waals surface area contributed by atoms with E-state index in [0.29, 0.717) is 23.8 Å². The number of para-hydroxylation sites is 1. The van der Waals surface area contributed by atoms with Crippen molar-refractivity contribution in [1.29, 1.82) is 0 Å². The van der Waals surface area contributed by atoms with E-state index in [1.165, 1.54) is 7.11 Å². The molecule has 2 N–H and O–H groups in total. The molecule has 1 aliphatic heterocycles. The van der Waals surface area contributed by atoms with Gasteiger partial charge in [-0.2, -0.15) is 0 Å². The first-order valence-electron chi connectivity index (χ1n) is 12.0. The molecule has 1 atom stereocenters. The third-order valence-electron chi connectivity index (χ3n) is 7.36. The van der Waals surface area contributed by atoms with Gasteiger partial charge in [0.15, 0.2) is 0 Å². The number of imidazole rings is 1. The summed E-state index contributed by atoms with van der Waals surface area (Å²) in [6.07, 6.45) is 4.00. The van der Waals surface area contributed by atoms with Crippen LogP contribution in [0.15, 0.2) is 36.4 Å². The van der Waals surface area contributed by atoms with Crippen molar-refractivity contribution in [2.45, 2.75) is 57.5 Å². The summed E-state index contributed by atoms with van der Waals surface area (Å²) in [6.45, 7) is 2.02. The molecule has 0 bridgehead atoms. The molecule has 0 radical (unpaired) electrons. The monoisotopic (exact) mass is 496 g/mol. The van der Waals surface area contributed by atoms with Gasteiger partial charge in [0.1, 0.15) is 0 Å². The summed E-state index contributed by atoms with van der Waals surface area (Å²) >= 11 is 6.44. The Kier molecular flexibility index (Phi) is 6.32. The highest BCUT2D eigenvalue weighted by Crippen LogP contribution is 2.42. The number of hydrogen-bond donors (Lipinski definition) is 2. The summed E-state index contributed by atoms with van der Waals surface area (Å²) in [6, 6.07) is 11.6. The lowest BCUT2D eigenvalue weighted by molar-refractivity contribution is -0.143. The zero-order valence-electron chi connectivity index (χ0n) is 19.8. The molecular formula is C26H29ClN4O4. The molecule has 5 rings (SSSR count). The lowest BCUT2D eigenvalue weighted by Gasteiger charge is -2.34. The van der Waals surface area contributed by atoms with Gasteiger partial charge < -0.3 is 19.7 Å². The van der Waals surface area contributed by atoms with Gasteiger partial charge in [-0.1, -0.05) is 23.7 Å². The molecule has 35 heavy (non-hydrogen) atoms. The number of carbonyl (C=O) groups excluding carboxylic acids is 1. The number of nitrogens with one attached hydrogen (secondary N) is 1. The van der Waals surface area contributed by atoms with Crippen LogP contribution >= 0.6 is 11.6 Å². The number of methoxy groups -OCH3 is 1. The van der Waals surface area contributed by atoms with Gasteiger partial charge in [0.05, 0.1) is 40.5 Å². The molecular weight excluding hydrogens is 468 g/mol. The highest BCUT2D eigenvalue weighted by Gasteiger charge is 2.33. The fourth-order valence-corrected chi connectivity index (χ4v) is 5.68. The molecule has 3 aromatic rings. The molecule has 9 heteroatoms. The molecule has 2 aromatic carbocycles. The van der Waals surface area contributed by atoms with E-state index in [1.807, 2.05) is 43.3 Å². The molecule has 1 aromatic heterocycles. The Hall–Kier alpha value is -3.26. The molecule has 1 aliphatic carbocycles. The summed E-state index contributed by atoms with van der Waals surface area (Å²) in [5.41, 5.74) is 4.41. The van der Waals surface area contributed by atoms with Crippen LogP contribution in [0, 0.1) is 5.92 Å². The minimum atomic E-state index is -0.723. The van der Waals surface area contributed by atoms with Crippen LogP contribution in [0.4, 0.5) is 22.1 Å². The van der Waals surface area contributed by atoms with Gasteiger partial charge in [0.25, 0.3) is 0 Å². The molecule has 0 saturated heterocycles. The quantitative estimate of drug-likeness (QED) is 0.449. The number of benzene rings is 2. The molecule has 184 valence electrons. The Morgan fingerprint density at radius 1 is 1.11 bits per heavy atom. The Bertz CT molecular complexity index is 1280. The van der Waals surface area contributed by atoms with Crippen molar-refractivity contribution in [1.82, 2.24) is 9.55 Å². The molecule has 1 fully saturated rings. The maximum atomic E-state index is 12.6. The van der Waals surface area contributed by atoms with E-state index >= 15 is 0 Å². The first-order chi connectivity index (χ1) is 16.9. The molecule has 8 nitrogen and oxygen atoms in total. The van der Waals surface area contributed by atoms with E-state index in [0.717, 1.165) is 53.7 Å². The minimum absolute atomic E-state index is 0.0292. The second-order valence-electron chi connectivity index (χ2n) is 9.41. The number of amides is 1. The summed E-state index contributed by atoms with van der Waals surface area (Å²) in [4.78, 5) is 30.8. The number of carboxylic acids is 1. The van der Waals surface area contributed by atoms with Crippen LogP contribution in [-0.2, 0) is 16.0 Å². The van der Waals surface area contributed by atoms with Crippen LogP contribution < -0.4 is 10.2 Å². The average molecular weight is 497 g/mol. The number of ether oxygens (including phenoxy) is 1. The highest BCUT2D eigenvalue weighted by atomic mass is 35.5. The van der Waals surface area contributed by atoms with Crippen LogP contribution in [-0.4, -0.2) is 39.9 Å². The van der Waals surface area contributed by atoms with Crippen molar-refractivity contribution in [3.63, 3.8) is 0 Å². The predicted octanol–water partition coefficient (Wildman–Crippen LogP) is 6.16. The zero-order valence-corrected chi connectivity index (χ0v) is 20.6. The Labute approximate surface area is 208 Å². The Morgan fingerprint density at radius 2 is 1.86 bits per heavy atom. The van der Waals surface area contributed by atoms with Crippen molar-refractivity contribution in [2.75, 3.05) is 17.3 Å². The normalized spacial score (nSPS) is 22.0. The van der Waals surface area contributed by atoms with Crippen LogP contribution in [0.5, 0.6) is 0 Å². The van der Waals surface area contributed by atoms with Gasteiger partial charge in [0, 0.05) is 17.6 Å². The van der Waals surface area contributed by atoms with Gasteiger partial charge in [-0.05, 0) is 69.7 Å². The molecule has 1 amide bonds. The van der Waals surface area contributed by atoms with Gasteiger partial charge in [-0.25, -0.2) is 9.78 Å². The smallest absolute Gasteiger partial charge is 0.414 e. The van der Waals surface area contributed by atoms with E-state index in [-0.39, 0.29) is 24.1 Å². The maximum absolute atomic E-state index is 12.6. The lowest BCUT2D eigenvalue weighted by Crippen LogP contribution is -2.42. The SMILES string of the molecule is COC(=O)N1c2ccc3c(nc(Nc4ccccc4Cl)n3C3CCC(C(=O)O)CC3)c2CC[C@@H]1C. The van der Waals surface area contributed by atoms with E-state index < -0.39 is 5.97 Å². The fraction of sp³-hybridized carbons (Fsp3) is 0.423. The molecule has 2 aliphatic rings. The van der Waals surface area contributed by atoms with Crippen LogP contribution in [0.25, 0.3) is 11.0 Å². The number of hydrogen-bond acceptors (Lipinski definition) is 5. The van der Waals surface area contributed by atoms with Crippen LogP contribution in [0.2, 0.25) is 5.02 Å². The van der Waals surface area contributed by atoms with E-state index in [9.17, 15) is 14.7 Å². The number of rotatable bonds is 4. The first-order valence-corrected chi connectivity index (χ1v) is 12.4. The third kappa shape index (κ3) is 4.20. The van der Waals surface area contributed by atoms with Crippen molar-refractivity contribution in [3.05, 3.63) is 47.0 Å². The summed E-state index contributed by atoms with van der Waals surface area (Å²) in [5.74, 6) is -0.355. The summed E-state index contributed by atoms with van der Waals surface area (Å²) in [5, 5.41) is 13.5. The standard InChI is InChI=1S/C26H29ClN4O4/c1-15-7-12-18-21(30(15)26(34)35-2)13-14-22-23(18)29-25(28-20-6-4-3-5-19(20)27)31(22)17-10-8-16(9-11-17)24(32)33/h3-6,13-17H,7-12H2,1-2H3,(H,28,29)(H,32,33)/t15-,16?,17?/m0/s1. The van der Waals surface area contributed by atoms with Crippen molar-refractivity contribution in [3.8, 4) is 0 Å². The number of aliphatic carboxylic acids is 1. The zero-order chi connectivity index (χ0) is 24.7. The number of fused-ring (bicyclic) bond motifs is 3. The second kappa shape index (κ2) is 9.41. The van der Waals surface area contributed by atoms with E-state index in [1.54, 1.807) is 4.90 Å². The molecule has 0 spiro atoms. The van der Waals surface area contributed by atoms with Gasteiger partial charge in [-0.3, -0.25) is 9.69 Å². The largest absolute Gasteiger partial charge is 0.481 e. The number of carboxylic acid groups (broad SMARTS) is 1. The van der Waals surface area contributed by atoms with Crippen molar-refractivity contribution in [2.24, 2.45) is 5.92 Å². The van der Waals surface area contributed by atoms with Gasteiger partial charge in [-0.15, -0.1) is 0 Å². The number of halogens is 1. The predicted molar refractivity (Wildman–Crippen MR) is 136 cm³/mol. The Balaban J connectivity index is 1.63. The summed E-state index contributed by atoms with van der Waals surface area (Å²) < 4.78 is 7.25. The number of aryl methyl sites for hydroxylation is 1. The maximum Gasteiger partial charge on any atom is 0.414 e. The molecule has 1 saturated carbocycles. The highest BCUT2D eigenvalue weighted by molar-refractivity contribution is 6.33. The van der Waals surface area contributed by atoms with Crippen molar-refractivity contribution < 1.29 is 19.4 Å². The molecule has 0 unspecified atom stereocenters. The van der Waals surface area contributed by atoms with E-state index in [4.69, 9.17) is 21.3 Å². The number of nitrogens with zero attached hydrogens (tertiary/aromatic N) is 3. The average Bonchev–Trinajstić information content (AvgIpc) is 3.23. The third-order valence-corrected chi connectivity index (χ3v) is 7.69. The second-order valence-corrected chi connectivity index (χ2v) is 9.82. The van der Waals surface area contributed by atoms with Gasteiger partial charge in [0.2, 0.25) is 5.95 Å². The lowest BCUT2D eigenvalue weighted by atomic mass is 9.86. The molecule has 2 heterocycles. The summed E-state index contributed by atoms with van der Waals surface area (Å²) in [7, 11) is 1.40. The fourth-order valence-electron chi connectivity index (χ4n) is 5.50. The van der Waals surface area contributed by atoms with Crippen LogP contribution in [0.3, 0.4) is 0 Å². The van der Waals surface area contributed by atoms with Gasteiger partial charge >= 0.3 is 12.1 Å². The van der Waals surface area contributed by atoms with Crippen molar-refractivity contribution >= 4 is 52.0 Å². The minimum Gasteiger partial charge on any atom is -0.481 e.